The van der Waals surface area contributed by atoms with Crippen LogP contribution in [-0.4, -0.2) is 16.4 Å². The van der Waals surface area contributed by atoms with Gasteiger partial charge in [0.15, 0.2) is 5.82 Å². The monoisotopic (exact) mass is 154 g/mol. The molecule has 1 aromatic rings. The van der Waals surface area contributed by atoms with E-state index >= 15 is 0 Å². The second-order valence-corrected chi connectivity index (χ2v) is 1.75. The predicted molar refractivity (Wildman–Crippen MR) is 39.0 cm³/mol. The van der Waals surface area contributed by atoms with Crippen LogP contribution in [0.4, 0.5) is 11.5 Å². The zero-order valence-corrected chi connectivity index (χ0v) is 5.50. The molecule has 0 bridgehead atoms. The quantitative estimate of drug-likeness (QED) is 0.471. The van der Waals surface area contributed by atoms with E-state index in [1.54, 1.807) is 0 Å². The summed E-state index contributed by atoms with van der Waals surface area (Å²) in [5, 5.41) is 2.13. The molecule has 0 aliphatic heterocycles. The molecule has 0 saturated heterocycles. The molecule has 1 amide bonds. The smallest absolute Gasteiger partial charge is 0.276 e. The van der Waals surface area contributed by atoms with Crippen molar-refractivity contribution in [1.82, 2.24) is 9.97 Å². The molecule has 0 unspecified atom stereocenters. The van der Waals surface area contributed by atoms with Crippen LogP contribution in [-0.2, 0) is 4.79 Å². The van der Waals surface area contributed by atoms with Crippen molar-refractivity contribution in [3.63, 3.8) is 0 Å². The standard InChI is InChI=1S/C5H6N4O2/c6-4-3(9-2-10)5(11)8-1-7-4/h1-2H,(H,9,10)(H3,6,7,8,11). The highest BCUT2D eigenvalue weighted by Crippen LogP contribution is 2.03. The van der Waals surface area contributed by atoms with Crippen molar-refractivity contribution in [2.24, 2.45) is 0 Å². The number of nitrogens with zero attached hydrogens (tertiary/aromatic N) is 1. The third-order valence-corrected chi connectivity index (χ3v) is 1.09. The molecule has 1 rings (SSSR count). The van der Waals surface area contributed by atoms with E-state index in [1.807, 2.05) is 0 Å². The zero-order valence-electron chi connectivity index (χ0n) is 5.50. The van der Waals surface area contributed by atoms with E-state index < -0.39 is 5.56 Å². The molecule has 0 radical (unpaired) electrons. The Labute approximate surface area is 61.4 Å². The number of anilines is 2. The Morgan fingerprint density at radius 2 is 2.45 bits per heavy atom. The van der Waals surface area contributed by atoms with Crippen LogP contribution in [0, 0.1) is 0 Å². The molecule has 0 spiro atoms. The molecule has 58 valence electrons. The van der Waals surface area contributed by atoms with Crippen LogP contribution in [0.5, 0.6) is 0 Å². The highest BCUT2D eigenvalue weighted by atomic mass is 16.1. The second kappa shape index (κ2) is 2.82. The van der Waals surface area contributed by atoms with E-state index in [4.69, 9.17) is 5.73 Å². The van der Waals surface area contributed by atoms with Gasteiger partial charge in [-0.1, -0.05) is 0 Å². The number of nitrogen functional groups attached to an aromatic ring is 1. The summed E-state index contributed by atoms with van der Waals surface area (Å²) in [6, 6.07) is 0. The minimum absolute atomic E-state index is 0.000787. The van der Waals surface area contributed by atoms with Gasteiger partial charge in [0, 0.05) is 0 Å². The Bertz CT molecular complexity index is 319. The molecular weight excluding hydrogens is 148 g/mol. The summed E-state index contributed by atoms with van der Waals surface area (Å²) in [6.45, 7) is 0. The Balaban J connectivity index is 3.20. The molecule has 0 aromatic carbocycles. The Kier molecular flexibility index (Phi) is 1.86. The van der Waals surface area contributed by atoms with Gasteiger partial charge in [-0.05, 0) is 0 Å². The number of H-pyrrole nitrogens is 1. The summed E-state index contributed by atoms with van der Waals surface area (Å²) in [4.78, 5) is 26.6. The fourth-order valence-electron chi connectivity index (χ4n) is 0.612. The van der Waals surface area contributed by atoms with Crippen molar-refractivity contribution >= 4 is 17.9 Å². The summed E-state index contributed by atoms with van der Waals surface area (Å²) in [6.07, 6.45) is 1.52. The molecule has 1 aromatic heterocycles. The van der Waals surface area contributed by atoms with Crippen molar-refractivity contribution in [3.8, 4) is 0 Å². The Morgan fingerprint density at radius 1 is 1.73 bits per heavy atom. The highest BCUT2D eigenvalue weighted by Gasteiger charge is 2.01. The maximum atomic E-state index is 10.8. The Morgan fingerprint density at radius 3 is 3.00 bits per heavy atom. The molecule has 0 aliphatic rings. The van der Waals surface area contributed by atoms with Crippen LogP contribution in [0.3, 0.4) is 0 Å². The third kappa shape index (κ3) is 1.34. The largest absolute Gasteiger partial charge is 0.382 e. The number of hydrogen-bond acceptors (Lipinski definition) is 4. The normalized spacial score (nSPS) is 9.09. The molecule has 11 heavy (non-hydrogen) atoms. The third-order valence-electron chi connectivity index (χ3n) is 1.09. The van der Waals surface area contributed by atoms with E-state index in [2.05, 4.69) is 15.3 Å². The first-order chi connectivity index (χ1) is 5.25. The van der Waals surface area contributed by atoms with Crippen molar-refractivity contribution < 1.29 is 4.79 Å². The summed E-state index contributed by atoms with van der Waals surface area (Å²) >= 11 is 0. The van der Waals surface area contributed by atoms with Gasteiger partial charge in [-0.25, -0.2) is 4.98 Å². The van der Waals surface area contributed by atoms with Gasteiger partial charge in [-0.15, -0.1) is 0 Å². The number of aromatic nitrogens is 2. The van der Waals surface area contributed by atoms with Gasteiger partial charge in [0.2, 0.25) is 6.41 Å². The summed E-state index contributed by atoms with van der Waals surface area (Å²) < 4.78 is 0. The lowest BCUT2D eigenvalue weighted by Gasteiger charge is -1.98. The minimum Gasteiger partial charge on any atom is -0.382 e. The minimum atomic E-state index is -0.468. The summed E-state index contributed by atoms with van der Waals surface area (Å²) in [5.74, 6) is 0.000787. The second-order valence-electron chi connectivity index (χ2n) is 1.75. The van der Waals surface area contributed by atoms with Crippen molar-refractivity contribution in [3.05, 3.63) is 16.7 Å². The summed E-state index contributed by atoms with van der Waals surface area (Å²) in [5.41, 5.74) is 4.76. The first-order valence-corrected chi connectivity index (χ1v) is 2.79. The average Bonchev–Trinajstić information content (AvgIpc) is 1.97. The van der Waals surface area contributed by atoms with E-state index in [1.165, 1.54) is 0 Å². The molecular formula is C5H6N4O2. The highest BCUT2D eigenvalue weighted by molar-refractivity contribution is 5.76. The SMILES string of the molecule is Nc1nc[nH]c(=O)c1NC=O. The fourth-order valence-corrected chi connectivity index (χ4v) is 0.612. The number of carbonyl (C=O) groups excluding carboxylic acids is 1. The molecule has 0 aliphatic carbocycles. The van der Waals surface area contributed by atoms with Crippen molar-refractivity contribution in [2.75, 3.05) is 11.1 Å². The number of hydrogen-bond donors (Lipinski definition) is 3. The van der Waals surface area contributed by atoms with E-state index in [0.29, 0.717) is 6.41 Å². The van der Waals surface area contributed by atoms with Crippen molar-refractivity contribution in [1.29, 1.82) is 0 Å². The molecule has 0 saturated carbocycles. The van der Waals surface area contributed by atoms with Crippen LogP contribution in [0.2, 0.25) is 0 Å². The van der Waals surface area contributed by atoms with Crippen LogP contribution in [0.15, 0.2) is 11.1 Å². The van der Waals surface area contributed by atoms with Crippen LogP contribution >= 0.6 is 0 Å². The van der Waals surface area contributed by atoms with Gasteiger partial charge in [0.1, 0.15) is 5.69 Å². The summed E-state index contributed by atoms with van der Waals surface area (Å²) in [7, 11) is 0. The molecule has 1 heterocycles. The van der Waals surface area contributed by atoms with Gasteiger partial charge in [-0.3, -0.25) is 9.59 Å². The van der Waals surface area contributed by atoms with Gasteiger partial charge in [-0.2, -0.15) is 0 Å². The van der Waals surface area contributed by atoms with Crippen LogP contribution in [0.1, 0.15) is 0 Å². The predicted octanol–water partition coefficient (Wildman–Crippen LogP) is -1.08. The van der Waals surface area contributed by atoms with Crippen LogP contribution in [0.25, 0.3) is 0 Å². The average molecular weight is 154 g/mol. The first-order valence-electron chi connectivity index (χ1n) is 2.79. The van der Waals surface area contributed by atoms with E-state index in [0.717, 1.165) is 6.33 Å². The van der Waals surface area contributed by atoms with E-state index in [9.17, 15) is 9.59 Å². The maximum absolute atomic E-state index is 10.8. The lowest BCUT2D eigenvalue weighted by atomic mass is 10.5. The fraction of sp³-hybridized carbons (Fsp3) is 0. The lowest BCUT2D eigenvalue weighted by Crippen LogP contribution is -2.16. The van der Waals surface area contributed by atoms with Gasteiger partial charge >= 0.3 is 0 Å². The number of nitrogens with one attached hydrogen (secondary N) is 2. The zero-order chi connectivity index (χ0) is 8.27. The van der Waals surface area contributed by atoms with Crippen LogP contribution < -0.4 is 16.6 Å². The van der Waals surface area contributed by atoms with Crippen molar-refractivity contribution in [2.45, 2.75) is 0 Å². The van der Waals surface area contributed by atoms with Gasteiger partial charge < -0.3 is 16.0 Å². The maximum Gasteiger partial charge on any atom is 0.276 e. The van der Waals surface area contributed by atoms with Gasteiger partial charge in [0.25, 0.3) is 5.56 Å². The first kappa shape index (κ1) is 7.26. The Hall–Kier alpha value is -1.85. The van der Waals surface area contributed by atoms with Gasteiger partial charge in [0.05, 0.1) is 6.33 Å². The lowest BCUT2D eigenvalue weighted by molar-refractivity contribution is -0.105. The number of carbonyl (C=O) groups is 1. The molecule has 0 fully saturated rings. The molecule has 0 atom stereocenters. The molecule has 6 heteroatoms. The number of aromatic amines is 1. The number of amides is 1. The number of nitrogens with two attached hydrogens (primary N) is 1. The topological polar surface area (TPSA) is 101 Å². The molecule has 4 N–H and O–H groups in total. The van der Waals surface area contributed by atoms with E-state index in [-0.39, 0.29) is 11.5 Å². The molecule has 6 nitrogen and oxygen atoms in total. The number of rotatable bonds is 2.